The van der Waals surface area contributed by atoms with Crippen molar-refractivity contribution in [2.75, 3.05) is 19.6 Å². The number of nitrogens with zero attached hydrogens (tertiary/aromatic N) is 3. The quantitative estimate of drug-likeness (QED) is 0.326. The fourth-order valence-electron chi connectivity index (χ4n) is 4.81. The summed E-state index contributed by atoms with van der Waals surface area (Å²) in [7, 11) is 0. The number of piperazine rings is 1. The second kappa shape index (κ2) is 9.88. The molecule has 0 N–H and O–H groups in total. The van der Waals surface area contributed by atoms with E-state index in [9.17, 15) is 9.59 Å². The fraction of sp³-hybridized carbons (Fsp3) is 0.286. The Morgan fingerprint density at radius 2 is 1.80 bits per heavy atom. The summed E-state index contributed by atoms with van der Waals surface area (Å²) in [5.41, 5.74) is 3.89. The topological polar surface area (TPSA) is 45.6 Å². The van der Waals surface area contributed by atoms with Crippen molar-refractivity contribution >= 4 is 45.0 Å². The zero-order valence-electron chi connectivity index (χ0n) is 19.9. The van der Waals surface area contributed by atoms with Gasteiger partial charge in [-0.1, -0.05) is 54.6 Å². The van der Waals surface area contributed by atoms with Crippen molar-refractivity contribution in [2.45, 2.75) is 31.8 Å². The maximum Gasteiger partial charge on any atom is 0.270 e. The molecule has 0 bridgehead atoms. The van der Waals surface area contributed by atoms with Gasteiger partial charge in [-0.05, 0) is 48.1 Å². The molecule has 1 aliphatic rings. The second-order valence-corrected chi connectivity index (χ2v) is 10.5. The third kappa shape index (κ3) is 4.60. The van der Waals surface area contributed by atoms with Crippen LogP contribution in [0.1, 0.15) is 39.5 Å². The largest absolute Gasteiger partial charge is 0.335 e. The van der Waals surface area contributed by atoms with Crippen molar-refractivity contribution in [2.24, 2.45) is 0 Å². The molecule has 4 aromatic rings. The molecule has 0 aliphatic carbocycles. The number of carbonyl (C=O) groups excluding carboxylic acids is 2. The standard InChI is InChI=1S/C28H28ClN3O2S/c1-19-8-6-7-11-23(19)18-32-24(16-22-12-15-35-28(22)32)26(33)30-13-14-31(20(2)17-30)27(34)25(29)21-9-4-3-5-10-21/h3-12,15-16,20,25H,13-14,17-18H2,1-2H3. The highest BCUT2D eigenvalue weighted by molar-refractivity contribution is 7.16. The van der Waals surface area contributed by atoms with Gasteiger partial charge in [0.15, 0.2) is 0 Å². The Hall–Kier alpha value is -3.09. The van der Waals surface area contributed by atoms with E-state index in [1.807, 2.05) is 60.4 Å². The van der Waals surface area contributed by atoms with Gasteiger partial charge in [0, 0.05) is 37.6 Å². The summed E-state index contributed by atoms with van der Waals surface area (Å²) in [5.74, 6) is -0.104. The Morgan fingerprint density at radius 1 is 1.06 bits per heavy atom. The number of hydrogen-bond donors (Lipinski definition) is 0. The Bertz CT molecular complexity index is 1360. The number of rotatable bonds is 5. The first-order chi connectivity index (χ1) is 16.9. The molecule has 2 aromatic heterocycles. The first-order valence-electron chi connectivity index (χ1n) is 11.8. The average molecular weight is 506 g/mol. The molecule has 2 amide bonds. The molecular weight excluding hydrogens is 478 g/mol. The maximum absolute atomic E-state index is 13.7. The van der Waals surface area contributed by atoms with Gasteiger partial charge < -0.3 is 14.4 Å². The van der Waals surface area contributed by atoms with Crippen LogP contribution in [0.25, 0.3) is 10.2 Å². The predicted molar refractivity (Wildman–Crippen MR) is 142 cm³/mol. The van der Waals surface area contributed by atoms with Gasteiger partial charge in [-0.3, -0.25) is 9.59 Å². The summed E-state index contributed by atoms with van der Waals surface area (Å²) in [6.45, 7) is 6.16. The van der Waals surface area contributed by atoms with Crippen molar-refractivity contribution in [3.05, 3.63) is 94.5 Å². The molecule has 1 fully saturated rings. The highest BCUT2D eigenvalue weighted by Gasteiger charge is 2.34. The Balaban J connectivity index is 1.35. The van der Waals surface area contributed by atoms with E-state index >= 15 is 0 Å². The monoisotopic (exact) mass is 505 g/mol. The summed E-state index contributed by atoms with van der Waals surface area (Å²) in [4.78, 5) is 31.6. The molecule has 180 valence electrons. The molecule has 2 atom stereocenters. The number of halogens is 1. The zero-order valence-corrected chi connectivity index (χ0v) is 21.4. The predicted octanol–water partition coefficient (Wildman–Crippen LogP) is 5.71. The van der Waals surface area contributed by atoms with Crippen molar-refractivity contribution < 1.29 is 9.59 Å². The SMILES string of the molecule is Cc1ccccc1Cn1c(C(=O)N2CCN(C(=O)C(Cl)c3ccccc3)C(C)C2)cc2ccsc21. The van der Waals surface area contributed by atoms with Gasteiger partial charge in [-0.2, -0.15) is 0 Å². The van der Waals surface area contributed by atoms with Gasteiger partial charge in [-0.15, -0.1) is 22.9 Å². The number of carbonyl (C=O) groups is 2. The average Bonchev–Trinajstić information content (AvgIpc) is 3.47. The van der Waals surface area contributed by atoms with Crippen molar-refractivity contribution in [1.29, 1.82) is 0 Å². The molecule has 2 aromatic carbocycles. The minimum Gasteiger partial charge on any atom is -0.335 e. The van der Waals surface area contributed by atoms with E-state index in [0.717, 1.165) is 15.8 Å². The highest BCUT2D eigenvalue weighted by Crippen LogP contribution is 2.29. The number of hydrogen-bond acceptors (Lipinski definition) is 3. The van der Waals surface area contributed by atoms with Gasteiger partial charge in [-0.25, -0.2) is 0 Å². The maximum atomic E-state index is 13.7. The molecular formula is C28H28ClN3O2S. The third-order valence-electron chi connectivity index (χ3n) is 6.82. The van der Waals surface area contributed by atoms with Crippen molar-refractivity contribution in [1.82, 2.24) is 14.4 Å². The van der Waals surface area contributed by atoms with Gasteiger partial charge in [0.25, 0.3) is 5.91 Å². The lowest BCUT2D eigenvalue weighted by molar-refractivity contribution is -0.135. The van der Waals surface area contributed by atoms with E-state index in [1.54, 1.807) is 16.2 Å². The van der Waals surface area contributed by atoms with Crippen LogP contribution in [0, 0.1) is 6.92 Å². The Labute approximate surface area is 214 Å². The lowest BCUT2D eigenvalue weighted by atomic mass is 10.1. The van der Waals surface area contributed by atoms with Gasteiger partial charge >= 0.3 is 0 Å². The Morgan fingerprint density at radius 3 is 2.54 bits per heavy atom. The molecule has 1 saturated heterocycles. The van der Waals surface area contributed by atoms with Crippen LogP contribution >= 0.6 is 22.9 Å². The van der Waals surface area contributed by atoms with Crippen LogP contribution in [0.4, 0.5) is 0 Å². The molecule has 5 nitrogen and oxygen atoms in total. The zero-order chi connectivity index (χ0) is 24.5. The lowest BCUT2D eigenvalue weighted by Crippen LogP contribution is -2.56. The highest BCUT2D eigenvalue weighted by atomic mass is 35.5. The van der Waals surface area contributed by atoms with Crippen LogP contribution in [-0.2, 0) is 11.3 Å². The van der Waals surface area contributed by atoms with E-state index in [-0.39, 0.29) is 17.9 Å². The van der Waals surface area contributed by atoms with E-state index < -0.39 is 5.38 Å². The van der Waals surface area contributed by atoms with E-state index in [4.69, 9.17) is 11.6 Å². The molecule has 7 heteroatoms. The van der Waals surface area contributed by atoms with E-state index in [1.165, 1.54) is 11.1 Å². The van der Waals surface area contributed by atoms with Gasteiger partial charge in [0.1, 0.15) is 15.9 Å². The van der Waals surface area contributed by atoms with Crippen molar-refractivity contribution in [3.63, 3.8) is 0 Å². The van der Waals surface area contributed by atoms with Crippen LogP contribution in [-0.4, -0.2) is 51.9 Å². The number of aromatic nitrogens is 1. The number of amides is 2. The van der Waals surface area contributed by atoms with Gasteiger partial charge in [0.05, 0.1) is 0 Å². The normalized spacial score (nSPS) is 17.1. The van der Waals surface area contributed by atoms with Crippen molar-refractivity contribution in [3.8, 4) is 0 Å². The first kappa shape index (κ1) is 23.6. The Kier molecular flexibility index (Phi) is 6.67. The number of fused-ring (bicyclic) bond motifs is 1. The minimum atomic E-state index is -0.723. The molecule has 0 spiro atoms. The third-order valence-corrected chi connectivity index (χ3v) is 8.21. The number of benzene rings is 2. The van der Waals surface area contributed by atoms with E-state index in [2.05, 4.69) is 35.1 Å². The first-order valence-corrected chi connectivity index (χ1v) is 13.2. The fourth-order valence-corrected chi connectivity index (χ4v) is 5.98. The summed E-state index contributed by atoms with van der Waals surface area (Å²) in [6, 6.07) is 21.6. The molecule has 2 unspecified atom stereocenters. The smallest absolute Gasteiger partial charge is 0.270 e. The van der Waals surface area contributed by atoms with Crippen LogP contribution in [0.15, 0.2) is 72.1 Å². The molecule has 3 heterocycles. The summed E-state index contributed by atoms with van der Waals surface area (Å²) in [6.07, 6.45) is 0. The summed E-state index contributed by atoms with van der Waals surface area (Å²) < 4.78 is 2.14. The molecule has 0 saturated carbocycles. The molecule has 1 aliphatic heterocycles. The van der Waals surface area contributed by atoms with Crippen LogP contribution in [0.2, 0.25) is 0 Å². The van der Waals surface area contributed by atoms with Crippen LogP contribution < -0.4 is 0 Å². The second-order valence-electron chi connectivity index (χ2n) is 9.13. The van der Waals surface area contributed by atoms with Crippen LogP contribution in [0.3, 0.4) is 0 Å². The lowest BCUT2D eigenvalue weighted by Gasteiger charge is -2.40. The molecule has 0 radical (unpaired) electrons. The van der Waals surface area contributed by atoms with E-state index in [0.29, 0.717) is 31.9 Å². The minimum absolute atomic E-state index is 0.00594. The molecule has 35 heavy (non-hydrogen) atoms. The number of aryl methyl sites for hydroxylation is 1. The summed E-state index contributed by atoms with van der Waals surface area (Å²) >= 11 is 8.17. The summed E-state index contributed by atoms with van der Waals surface area (Å²) in [5, 5.41) is 2.43. The number of thiophene rings is 1. The van der Waals surface area contributed by atoms with Crippen LogP contribution in [0.5, 0.6) is 0 Å². The molecule has 5 rings (SSSR count). The number of alkyl halides is 1. The van der Waals surface area contributed by atoms with Gasteiger partial charge in [0.2, 0.25) is 5.91 Å².